The molecule has 2 aliphatic heterocycles. The molecule has 2 heterocycles. The molecule has 0 amide bonds. The number of nitrogens with one attached hydrogen (secondary N) is 1. The topological polar surface area (TPSA) is 47.6 Å². The molecule has 1 N–H and O–H groups in total. The summed E-state index contributed by atoms with van der Waals surface area (Å²) in [5.74, 6) is 1.77. The highest BCUT2D eigenvalue weighted by atomic mass is 16.6. The lowest BCUT2D eigenvalue weighted by Crippen LogP contribution is -2.20. The van der Waals surface area contributed by atoms with Crippen LogP contribution in [0.2, 0.25) is 0 Å². The van der Waals surface area contributed by atoms with Crippen LogP contribution in [0.4, 0.5) is 0 Å². The van der Waals surface area contributed by atoms with E-state index in [2.05, 4.69) is 5.32 Å². The van der Waals surface area contributed by atoms with Crippen molar-refractivity contribution in [3.63, 3.8) is 0 Å². The van der Waals surface area contributed by atoms with Gasteiger partial charge in [0.05, 0.1) is 0 Å². The van der Waals surface area contributed by atoms with Crippen molar-refractivity contribution < 1.29 is 14.3 Å². The van der Waals surface area contributed by atoms with E-state index in [4.69, 9.17) is 9.47 Å². The maximum absolute atomic E-state index is 12.4. The van der Waals surface area contributed by atoms with Gasteiger partial charge in [0.15, 0.2) is 17.3 Å². The van der Waals surface area contributed by atoms with E-state index in [1.165, 1.54) is 0 Å². The van der Waals surface area contributed by atoms with Crippen molar-refractivity contribution in [1.29, 1.82) is 0 Å². The number of benzene rings is 1. The van der Waals surface area contributed by atoms with Crippen LogP contribution in [0.1, 0.15) is 22.3 Å². The average molecular weight is 247 g/mol. The van der Waals surface area contributed by atoms with Crippen LogP contribution in [0.15, 0.2) is 12.1 Å². The summed E-state index contributed by atoms with van der Waals surface area (Å²) in [6.07, 6.45) is 0.923. The number of hydrogen-bond acceptors (Lipinski definition) is 4. The molecule has 18 heavy (non-hydrogen) atoms. The van der Waals surface area contributed by atoms with E-state index >= 15 is 0 Å². The first kappa shape index (κ1) is 11.5. The number of aryl methyl sites for hydroxylation is 1. The zero-order chi connectivity index (χ0) is 12.5. The third-order valence-electron chi connectivity index (χ3n) is 3.59. The summed E-state index contributed by atoms with van der Waals surface area (Å²) < 4.78 is 11.1. The summed E-state index contributed by atoms with van der Waals surface area (Å²) in [6, 6.07) is 3.74. The largest absolute Gasteiger partial charge is 0.486 e. The van der Waals surface area contributed by atoms with Crippen LogP contribution in [0.3, 0.4) is 0 Å². The highest BCUT2D eigenvalue weighted by Gasteiger charge is 2.26. The second kappa shape index (κ2) is 4.61. The van der Waals surface area contributed by atoms with E-state index in [1.807, 2.05) is 19.1 Å². The number of rotatable bonds is 2. The lowest BCUT2D eigenvalue weighted by Gasteiger charge is -2.20. The number of carbonyl (C=O) groups excluding carboxylic acids is 1. The highest BCUT2D eigenvalue weighted by molar-refractivity contribution is 6.00. The number of ketones is 1. The molecule has 1 aromatic rings. The third kappa shape index (κ3) is 1.97. The van der Waals surface area contributed by atoms with Crippen LogP contribution < -0.4 is 14.8 Å². The van der Waals surface area contributed by atoms with Gasteiger partial charge >= 0.3 is 0 Å². The van der Waals surface area contributed by atoms with Crippen molar-refractivity contribution in [1.82, 2.24) is 5.32 Å². The van der Waals surface area contributed by atoms with Gasteiger partial charge in [0.2, 0.25) is 0 Å². The highest BCUT2D eigenvalue weighted by Crippen LogP contribution is 2.34. The first-order chi connectivity index (χ1) is 8.75. The molecule has 4 nitrogen and oxygen atoms in total. The van der Waals surface area contributed by atoms with Gasteiger partial charge in [-0.15, -0.1) is 0 Å². The molecule has 1 aromatic carbocycles. The maximum atomic E-state index is 12.4. The SMILES string of the molecule is Cc1cc2c(cc1C(=O)C1CCNC1)OCCO2. The number of ether oxygens (including phenoxy) is 2. The van der Waals surface area contributed by atoms with E-state index in [9.17, 15) is 4.79 Å². The normalized spacial score (nSPS) is 21.9. The Morgan fingerprint density at radius 2 is 2.00 bits per heavy atom. The van der Waals surface area contributed by atoms with Crippen LogP contribution in [0.25, 0.3) is 0 Å². The van der Waals surface area contributed by atoms with E-state index in [-0.39, 0.29) is 11.7 Å². The van der Waals surface area contributed by atoms with Gasteiger partial charge in [-0.25, -0.2) is 0 Å². The van der Waals surface area contributed by atoms with Gasteiger partial charge in [0.25, 0.3) is 0 Å². The van der Waals surface area contributed by atoms with Crippen molar-refractivity contribution in [3.8, 4) is 11.5 Å². The standard InChI is InChI=1S/C14H17NO3/c1-9-6-12-13(18-5-4-17-12)7-11(9)14(16)10-2-3-15-8-10/h6-7,10,15H,2-5,8H2,1H3. The number of Topliss-reactive ketones (excluding diaryl/α,β-unsaturated/α-hetero) is 1. The molecule has 4 heteroatoms. The Balaban J connectivity index is 1.93. The Bertz CT molecular complexity index is 478. The van der Waals surface area contributed by atoms with Crippen LogP contribution >= 0.6 is 0 Å². The average Bonchev–Trinajstić information content (AvgIpc) is 2.91. The summed E-state index contributed by atoms with van der Waals surface area (Å²) in [4.78, 5) is 12.4. The quantitative estimate of drug-likeness (QED) is 0.806. The second-order valence-corrected chi connectivity index (χ2v) is 4.86. The molecule has 2 aliphatic rings. The molecule has 96 valence electrons. The van der Waals surface area contributed by atoms with Gasteiger partial charge in [-0.05, 0) is 37.6 Å². The van der Waals surface area contributed by atoms with Gasteiger partial charge < -0.3 is 14.8 Å². The van der Waals surface area contributed by atoms with Gasteiger partial charge in [-0.2, -0.15) is 0 Å². The molecule has 0 bridgehead atoms. The Morgan fingerprint density at radius 3 is 2.67 bits per heavy atom. The Kier molecular flexibility index (Phi) is 2.96. The summed E-state index contributed by atoms with van der Waals surface area (Å²) in [6.45, 7) is 4.79. The first-order valence-corrected chi connectivity index (χ1v) is 6.41. The second-order valence-electron chi connectivity index (χ2n) is 4.86. The molecule has 1 unspecified atom stereocenters. The van der Waals surface area contributed by atoms with Crippen LogP contribution in [-0.4, -0.2) is 32.1 Å². The lowest BCUT2D eigenvalue weighted by molar-refractivity contribution is 0.0928. The Labute approximate surface area is 106 Å². The maximum Gasteiger partial charge on any atom is 0.167 e. The van der Waals surface area contributed by atoms with Crippen LogP contribution in [0.5, 0.6) is 11.5 Å². The van der Waals surface area contributed by atoms with E-state index in [1.54, 1.807) is 0 Å². The molecule has 0 aliphatic carbocycles. The molecule has 0 saturated carbocycles. The fourth-order valence-corrected chi connectivity index (χ4v) is 2.55. The molecular formula is C14H17NO3. The lowest BCUT2D eigenvalue weighted by atomic mass is 9.93. The monoisotopic (exact) mass is 247 g/mol. The Morgan fingerprint density at radius 1 is 1.28 bits per heavy atom. The summed E-state index contributed by atoms with van der Waals surface area (Å²) >= 11 is 0. The molecule has 1 fully saturated rings. The number of fused-ring (bicyclic) bond motifs is 1. The number of hydrogen-bond donors (Lipinski definition) is 1. The molecular weight excluding hydrogens is 230 g/mol. The minimum atomic E-state index is 0.103. The van der Waals surface area contributed by atoms with Crippen LogP contribution in [-0.2, 0) is 0 Å². The minimum absolute atomic E-state index is 0.103. The zero-order valence-corrected chi connectivity index (χ0v) is 10.5. The zero-order valence-electron chi connectivity index (χ0n) is 10.5. The molecule has 1 atom stereocenters. The molecule has 0 aromatic heterocycles. The number of carbonyl (C=O) groups is 1. The van der Waals surface area contributed by atoms with E-state index in [0.717, 1.165) is 36.4 Å². The molecule has 0 radical (unpaired) electrons. The van der Waals surface area contributed by atoms with Gasteiger partial charge in [0.1, 0.15) is 13.2 Å². The molecule has 1 saturated heterocycles. The third-order valence-corrected chi connectivity index (χ3v) is 3.59. The van der Waals surface area contributed by atoms with E-state index < -0.39 is 0 Å². The summed E-state index contributed by atoms with van der Waals surface area (Å²) in [5, 5.41) is 3.23. The van der Waals surface area contributed by atoms with Crippen molar-refractivity contribution in [2.45, 2.75) is 13.3 Å². The predicted octanol–water partition coefficient (Wildman–Crippen LogP) is 1.56. The van der Waals surface area contributed by atoms with Crippen LogP contribution in [0, 0.1) is 12.8 Å². The summed E-state index contributed by atoms with van der Waals surface area (Å²) in [7, 11) is 0. The van der Waals surface area contributed by atoms with Crippen molar-refractivity contribution in [3.05, 3.63) is 23.3 Å². The first-order valence-electron chi connectivity index (χ1n) is 6.41. The van der Waals surface area contributed by atoms with Crippen molar-refractivity contribution in [2.24, 2.45) is 5.92 Å². The van der Waals surface area contributed by atoms with Crippen molar-refractivity contribution in [2.75, 3.05) is 26.3 Å². The molecule has 3 rings (SSSR count). The molecule has 0 spiro atoms. The predicted molar refractivity (Wildman–Crippen MR) is 67.5 cm³/mol. The fraction of sp³-hybridized carbons (Fsp3) is 0.500. The van der Waals surface area contributed by atoms with Gasteiger partial charge in [-0.3, -0.25) is 4.79 Å². The van der Waals surface area contributed by atoms with E-state index in [0.29, 0.717) is 19.0 Å². The van der Waals surface area contributed by atoms with Crippen molar-refractivity contribution >= 4 is 5.78 Å². The minimum Gasteiger partial charge on any atom is -0.486 e. The smallest absolute Gasteiger partial charge is 0.167 e. The summed E-state index contributed by atoms with van der Waals surface area (Å²) in [5.41, 5.74) is 1.74. The van der Waals surface area contributed by atoms with Gasteiger partial charge in [-0.1, -0.05) is 0 Å². The fourth-order valence-electron chi connectivity index (χ4n) is 2.55. The Hall–Kier alpha value is -1.55. The van der Waals surface area contributed by atoms with Gasteiger partial charge in [0, 0.05) is 18.0 Å².